The minimum absolute atomic E-state index is 0.0461. The molecule has 0 heterocycles. The lowest BCUT2D eigenvalue weighted by Gasteiger charge is -2.29. The molecule has 0 spiro atoms. The third-order valence-corrected chi connectivity index (χ3v) is 4.47. The van der Waals surface area contributed by atoms with Crippen LogP contribution in [0.4, 0.5) is 0 Å². The van der Waals surface area contributed by atoms with Crippen LogP contribution in [-0.2, 0) is 19.1 Å². The van der Waals surface area contributed by atoms with Gasteiger partial charge in [-0.1, -0.05) is 30.3 Å². The standard InChI is InChI=1S/C19H28N2O4/c1-19(13-24-2,11-17(23)25-3)20-12-16(22)21-18(15-9-10-15)14-7-5-4-6-8-14/h4-8,15,18,20H,9-13H2,1-3H3,(H,21,22)/t18-,19+/m1/s1. The quantitative estimate of drug-likeness (QED) is 0.631. The molecule has 6 heteroatoms. The zero-order chi connectivity index (χ0) is 18.3. The van der Waals surface area contributed by atoms with Gasteiger partial charge in [0.05, 0.1) is 32.7 Å². The van der Waals surface area contributed by atoms with Gasteiger partial charge in [0, 0.05) is 12.6 Å². The summed E-state index contributed by atoms with van der Waals surface area (Å²) in [6.45, 7) is 2.27. The number of amides is 1. The fraction of sp³-hybridized carbons (Fsp3) is 0.579. The Hall–Kier alpha value is -1.92. The van der Waals surface area contributed by atoms with Crippen molar-refractivity contribution in [3.63, 3.8) is 0 Å². The Labute approximate surface area is 149 Å². The molecule has 0 saturated heterocycles. The first-order chi connectivity index (χ1) is 12.0. The van der Waals surface area contributed by atoms with Gasteiger partial charge in [-0.05, 0) is 31.2 Å². The molecule has 0 aromatic heterocycles. The second-order valence-corrected chi connectivity index (χ2v) is 6.89. The molecule has 1 aromatic carbocycles. The van der Waals surface area contributed by atoms with Crippen LogP contribution < -0.4 is 10.6 Å². The van der Waals surface area contributed by atoms with Gasteiger partial charge >= 0.3 is 5.97 Å². The van der Waals surface area contributed by atoms with E-state index in [2.05, 4.69) is 10.6 Å². The molecule has 0 aliphatic heterocycles. The van der Waals surface area contributed by atoms with Gasteiger partial charge in [0.15, 0.2) is 0 Å². The monoisotopic (exact) mass is 348 g/mol. The average Bonchev–Trinajstić information content (AvgIpc) is 3.44. The zero-order valence-corrected chi connectivity index (χ0v) is 15.2. The van der Waals surface area contributed by atoms with Crippen LogP contribution in [0.1, 0.15) is 37.8 Å². The van der Waals surface area contributed by atoms with Crippen LogP contribution in [0.5, 0.6) is 0 Å². The van der Waals surface area contributed by atoms with Gasteiger partial charge in [0.1, 0.15) is 0 Å². The number of rotatable bonds is 10. The Morgan fingerprint density at radius 3 is 2.48 bits per heavy atom. The number of methoxy groups -OCH3 is 2. The van der Waals surface area contributed by atoms with Crippen LogP contribution in [0.2, 0.25) is 0 Å². The Morgan fingerprint density at radius 2 is 1.92 bits per heavy atom. The average molecular weight is 348 g/mol. The highest BCUT2D eigenvalue weighted by Crippen LogP contribution is 2.40. The first-order valence-electron chi connectivity index (χ1n) is 8.62. The molecule has 0 radical (unpaired) electrons. The Morgan fingerprint density at radius 1 is 1.24 bits per heavy atom. The molecule has 1 aromatic rings. The van der Waals surface area contributed by atoms with Crippen LogP contribution in [0.3, 0.4) is 0 Å². The van der Waals surface area contributed by atoms with E-state index in [1.807, 2.05) is 37.3 Å². The number of carbonyl (C=O) groups is 2. The normalized spacial score (nSPS) is 17.4. The summed E-state index contributed by atoms with van der Waals surface area (Å²) >= 11 is 0. The van der Waals surface area contributed by atoms with Crippen LogP contribution in [0.15, 0.2) is 30.3 Å². The van der Waals surface area contributed by atoms with Crippen molar-refractivity contribution in [2.75, 3.05) is 27.4 Å². The number of ether oxygens (including phenoxy) is 2. The summed E-state index contributed by atoms with van der Waals surface area (Å²) in [5.41, 5.74) is 0.480. The van der Waals surface area contributed by atoms with Crippen LogP contribution in [0, 0.1) is 5.92 Å². The highest BCUT2D eigenvalue weighted by molar-refractivity contribution is 5.79. The Balaban J connectivity index is 1.92. The lowest BCUT2D eigenvalue weighted by molar-refractivity contribution is -0.143. The van der Waals surface area contributed by atoms with Gasteiger partial charge < -0.3 is 20.1 Å². The van der Waals surface area contributed by atoms with Crippen molar-refractivity contribution < 1.29 is 19.1 Å². The Bertz CT molecular complexity index is 574. The van der Waals surface area contributed by atoms with E-state index >= 15 is 0 Å². The lowest BCUT2D eigenvalue weighted by atomic mass is 9.98. The maximum absolute atomic E-state index is 12.4. The van der Waals surface area contributed by atoms with Gasteiger partial charge in [0.25, 0.3) is 0 Å². The molecule has 0 bridgehead atoms. The van der Waals surface area contributed by atoms with Crippen molar-refractivity contribution in [1.29, 1.82) is 0 Å². The maximum atomic E-state index is 12.4. The van der Waals surface area contributed by atoms with Crippen LogP contribution >= 0.6 is 0 Å². The summed E-state index contributed by atoms with van der Waals surface area (Å²) in [5.74, 6) is 0.0762. The third-order valence-electron chi connectivity index (χ3n) is 4.47. The molecule has 1 aliphatic carbocycles. The number of esters is 1. The minimum Gasteiger partial charge on any atom is -0.469 e. The highest BCUT2D eigenvalue weighted by Gasteiger charge is 2.34. The van der Waals surface area contributed by atoms with Crippen molar-refractivity contribution in [3.8, 4) is 0 Å². The predicted octanol–water partition coefficient (Wildman–Crippen LogP) is 1.81. The second kappa shape index (κ2) is 8.97. The molecule has 1 saturated carbocycles. The van der Waals surface area contributed by atoms with E-state index in [0.717, 1.165) is 18.4 Å². The third kappa shape index (κ3) is 6.14. The molecule has 2 N–H and O–H groups in total. The molecule has 25 heavy (non-hydrogen) atoms. The zero-order valence-electron chi connectivity index (χ0n) is 15.2. The van der Waals surface area contributed by atoms with Crippen molar-refractivity contribution in [1.82, 2.24) is 10.6 Å². The summed E-state index contributed by atoms with van der Waals surface area (Å²) in [4.78, 5) is 24.0. The maximum Gasteiger partial charge on any atom is 0.307 e. The number of nitrogens with one attached hydrogen (secondary N) is 2. The number of hydrogen-bond donors (Lipinski definition) is 2. The van der Waals surface area contributed by atoms with Crippen molar-refractivity contribution in [3.05, 3.63) is 35.9 Å². The van der Waals surface area contributed by atoms with Gasteiger partial charge in [-0.3, -0.25) is 9.59 Å². The number of carbonyl (C=O) groups excluding carboxylic acids is 2. The topological polar surface area (TPSA) is 76.7 Å². The molecule has 1 fully saturated rings. The van der Waals surface area contributed by atoms with Crippen molar-refractivity contribution in [2.45, 2.75) is 37.8 Å². The van der Waals surface area contributed by atoms with Crippen molar-refractivity contribution in [2.24, 2.45) is 5.92 Å². The first kappa shape index (κ1) is 19.4. The molecular formula is C19H28N2O4. The molecule has 1 amide bonds. The SMILES string of the molecule is COC[C@](C)(CC(=O)OC)NCC(=O)N[C@H](c1ccccc1)C1CC1. The molecule has 2 rings (SSSR count). The van der Waals surface area contributed by atoms with E-state index in [9.17, 15) is 9.59 Å². The van der Waals surface area contributed by atoms with Crippen LogP contribution in [-0.4, -0.2) is 44.8 Å². The minimum atomic E-state index is -0.652. The second-order valence-electron chi connectivity index (χ2n) is 6.89. The van der Waals surface area contributed by atoms with E-state index in [1.54, 1.807) is 7.11 Å². The van der Waals surface area contributed by atoms with Gasteiger partial charge in [-0.2, -0.15) is 0 Å². The molecule has 6 nitrogen and oxygen atoms in total. The van der Waals surface area contributed by atoms with E-state index in [4.69, 9.17) is 9.47 Å². The van der Waals surface area contributed by atoms with Crippen LogP contribution in [0.25, 0.3) is 0 Å². The molecule has 2 atom stereocenters. The van der Waals surface area contributed by atoms with E-state index in [-0.39, 0.29) is 30.9 Å². The molecule has 0 unspecified atom stereocenters. The van der Waals surface area contributed by atoms with Gasteiger partial charge in [-0.15, -0.1) is 0 Å². The summed E-state index contributed by atoms with van der Waals surface area (Å²) in [5, 5.41) is 6.26. The Kier molecular flexibility index (Phi) is 6.96. The summed E-state index contributed by atoms with van der Waals surface area (Å²) in [6.07, 6.45) is 2.41. The fourth-order valence-corrected chi connectivity index (χ4v) is 2.96. The number of hydrogen-bond acceptors (Lipinski definition) is 5. The largest absolute Gasteiger partial charge is 0.469 e. The highest BCUT2D eigenvalue weighted by atomic mass is 16.5. The summed E-state index contributed by atoms with van der Waals surface area (Å²) < 4.78 is 9.91. The van der Waals surface area contributed by atoms with Gasteiger partial charge in [-0.25, -0.2) is 0 Å². The molecular weight excluding hydrogens is 320 g/mol. The smallest absolute Gasteiger partial charge is 0.307 e. The summed E-state index contributed by atoms with van der Waals surface area (Å²) in [6, 6.07) is 10.1. The molecule has 138 valence electrons. The van der Waals surface area contributed by atoms with Gasteiger partial charge in [0.2, 0.25) is 5.91 Å². The van der Waals surface area contributed by atoms with E-state index in [0.29, 0.717) is 12.5 Å². The molecule has 1 aliphatic rings. The number of benzene rings is 1. The van der Waals surface area contributed by atoms with Crippen molar-refractivity contribution >= 4 is 11.9 Å². The van der Waals surface area contributed by atoms with E-state index < -0.39 is 5.54 Å². The first-order valence-corrected chi connectivity index (χ1v) is 8.62. The lowest BCUT2D eigenvalue weighted by Crippen LogP contribution is -2.51. The predicted molar refractivity (Wildman–Crippen MR) is 95.0 cm³/mol. The van der Waals surface area contributed by atoms with E-state index in [1.165, 1.54) is 7.11 Å². The summed E-state index contributed by atoms with van der Waals surface area (Å²) in [7, 11) is 2.91. The fourth-order valence-electron chi connectivity index (χ4n) is 2.96.